The number of sulfone groups is 1. The van der Waals surface area contributed by atoms with Gasteiger partial charge in [-0.25, -0.2) is 21.1 Å². The molecule has 2 aromatic carbocycles. The number of thiazole rings is 1. The molecule has 0 fully saturated rings. The second-order valence-corrected chi connectivity index (χ2v) is 12.8. The Morgan fingerprint density at radius 2 is 1.76 bits per heavy atom. The van der Waals surface area contributed by atoms with Gasteiger partial charge in [-0.3, -0.25) is 4.79 Å². The van der Waals surface area contributed by atoms with Crippen molar-refractivity contribution in [1.29, 1.82) is 0 Å². The van der Waals surface area contributed by atoms with Gasteiger partial charge in [0.25, 0.3) is 5.91 Å². The second-order valence-electron chi connectivity index (χ2n) is 7.70. The summed E-state index contributed by atoms with van der Waals surface area (Å²) in [6, 6.07) is 10.3. The summed E-state index contributed by atoms with van der Waals surface area (Å²) in [6.45, 7) is 2.54. The normalized spacial score (nSPS) is 12.9. The molecule has 0 spiro atoms. The van der Waals surface area contributed by atoms with Crippen LogP contribution in [0.2, 0.25) is 0 Å². The molecule has 0 bridgehead atoms. The lowest BCUT2D eigenvalue weighted by Gasteiger charge is -2.16. The molecule has 0 aliphatic carbocycles. The number of terminal acetylenes is 1. The maximum Gasteiger partial charge on any atom is 0.279 e. The minimum Gasteiger partial charge on any atom is -0.305 e. The number of fused-ring (bicyclic) bond motifs is 1. The summed E-state index contributed by atoms with van der Waals surface area (Å²) >= 11 is 1.15. The average molecular weight is 520 g/mol. The first kappa shape index (κ1) is 25.8. The van der Waals surface area contributed by atoms with Crippen LogP contribution in [-0.4, -0.2) is 51.5 Å². The molecule has 180 valence electrons. The predicted octanol–water partition coefficient (Wildman–Crippen LogP) is 2.90. The van der Waals surface area contributed by atoms with Crippen LogP contribution in [0.1, 0.15) is 30.1 Å². The van der Waals surface area contributed by atoms with Gasteiger partial charge in [0.15, 0.2) is 14.6 Å². The highest BCUT2D eigenvalue weighted by molar-refractivity contribution is 7.90. The summed E-state index contributed by atoms with van der Waals surface area (Å²) in [5.74, 6) is 1.95. The molecular formula is C23H25N3O5S3. The van der Waals surface area contributed by atoms with Crippen molar-refractivity contribution in [3.05, 3.63) is 52.8 Å². The first-order chi connectivity index (χ1) is 16.0. The number of rotatable bonds is 8. The van der Waals surface area contributed by atoms with Gasteiger partial charge in [-0.05, 0) is 48.9 Å². The van der Waals surface area contributed by atoms with Crippen LogP contribution in [0.25, 0.3) is 10.2 Å². The summed E-state index contributed by atoms with van der Waals surface area (Å²) in [7, 11) is -5.51. The van der Waals surface area contributed by atoms with Crippen LogP contribution in [0, 0.1) is 12.3 Å². The van der Waals surface area contributed by atoms with E-state index in [-0.39, 0.29) is 21.9 Å². The molecule has 11 heteroatoms. The van der Waals surface area contributed by atoms with E-state index in [0.29, 0.717) is 21.6 Å². The number of hydrogen-bond acceptors (Lipinski definition) is 6. The topological polar surface area (TPSA) is 106 Å². The number of benzene rings is 2. The molecule has 0 N–H and O–H groups in total. The molecule has 0 unspecified atom stereocenters. The molecule has 3 aromatic rings. The monoisotopic (exact) mass is 519 g/mol. The standard InChI is InChI=1S/C23H25N3O5S3/c1-5-7-15-25(3)34(30,31)18-10-8-17(9-11-18)22(27)24-23-26(14-6-2)20-13-12-19(33(4,28)29)16-21(20)32-23/h2,8-13,16H,5,7,14-15H2,1,3-4H3. The zero-order chi connectivity index (χ0) is 25.1. The van der Waals surface area contributed by atoms with E-state index >= 15 is 0 Å². The van der Waals surface area contributed by atoms with Gasteiger partial charge in [0.05, 0.1) is 26.6 Å². The largest absolute Gasteiger partial charge is 0.305 e. The molecule has 34 heavy (non-hydrogen) atoms. The highest BCUT2D eigenvalue weighted by Crippen LogP contribution is 2.22. The summed E-state index contributed by atoms with van der Waals surface area (Å²) in [6.07, 6.45) is 8.24. The van der Waals surface area contributed by atoms with E-state index in [4.69, 9.17) is 6.42 Å². The maximum atomic E-state index is 12.8. The molecule has 0 aliphatic heterocycles. The van der Waals surface area contributed by atoms with Crippen LogP contribution < -0.4 is 4.80 Å². The smallest absolute Gasteiger partial charge is 0.279 e. The molecule has 0 atom stereocenters. The quantitative estimate of drug-likeness (QED) is 0.426. The van der Waals surface area contributed by atoms with Crippen LogP contribution in [-0.2, 0) is 26.4 Å². The number of carbonyl (C=O) groups is 1. The van der Waals surface area contributed by atoms with E-state index in [0.717, 1.165) is 30.4 Å². The average Bonchev–Trinajstić information content (AvgIpc) is 3.13. The van der Waals surface area contributed by atoms with E-state index < -0.39 is 25.8 Å². The van der Waals surface area contributed by atoms with Crippen LogP contribution in [0.4, 0.5) is 0 Å². The van der Waals surface area contributed by atoms with Crippen LogP contribution in [0.3, 0.4) is 0 Å². The lowest BCUT2D eigenvalue weighted by Crippen LogP contribution is -2.27. The third kappa shape index (κ3) is 5.47. The third-order valence-electron chi connectivity index (χ3n) is 5.16. The molecule has 0 radical (unpaired) electrons. The fourth-order valence-corrected chi connectivity index (χ4v) is 6.21. The molecule has 1 heterocycles. The minimum atomic E-state index is -3.64. The third-order valence-corrected chi connectivity index (χ3v) is 9.19. The Morgan fingerprint density at radius 3 is 2.35 bits per heavy atom. The zero-order valence-corrected chi connectivity index (χ0v) is 21.5. The van der Waals surface area contributed by atoms with E-state index in [1.807, 2.05) is 6.92 Å². The summed E-state index contributed by atoms with van der Waals surface area (Å²) in [4.78, 5) is 17.6. The van der Waals surface area contributed by atoms with Crippen molar-refractivity contribution in [1.82, 2.24) is 8.87 Å². The van der Waals surface area contributed by atoms with Gasteiger partial charge in [-0.1, -0.05) is 30.6 Å². The number of hydrogen-bond donors (Lipinski definition) is 0. The summed E-state index contributed by atoms with van der Waals surface area (Å²) in [5, 5.41) is 0. The van der Waals surface area contributed by atoms with Gasteiger partial charge in [-0.2, -0.15) is 4.99 Å². The van der Waals surface area contributed by atoms with Crippen molar-refractivity contribution in [3.8, 4) is 12.3 Å². The molecule has 1 aromatic heterocycles. The Balaban J connectivity index is 1.98. The summed E-state index contributed by atoms with van der Waals surface area (Å²) < 4.78 is 52.7. The Hall–Kier alpha value is -2.78. The zero-order valence-electron chi connectivity index (χ0n) is 19.1. The predicted molar refractivity (Wildman–Crippen MR) is 133 cm³/mol. The van der Waals surface area contributed by atoms with Gasteiger partial charge in [-0.15, -0.1) is 6.42 Å². The van der Waals surface area contributed by atoms with Gasteiger partial charge >= 0.3 is 0 Å². The fourth-order valence-electron chi connectivity index (χ4n) is 3.22. The number of carbonyl (C=O) groups excluding carboxylic acids is 1. The van der Waals surface area contributed by atoms with Crippen molar-refractivity contribution in [3.63, 3.8) is 0 Å². The molecule has 0 aliphatic rings. The van der Waals surface area contributed by atoms with Gasteiger partial charge in [0.2, 0.25) is 10.0 Å². The highest BCUT2D eigenvalue weighted by Gasteiger charge is 2.20. The van der Waals surface area contributed by atoms with Crippen molar-refractivity contribution >= 4 is 47.3 Å². The molecule has 1 amide bonds. The Kier molecular flexibility index (Phi) is 7.77. The highest BCUT2D eigenvalue weighted by atomic mass is 32.2. The lowest BCUT2D eigenvalue weighted by atomic mass is 10.2. The van der Waals surface area contributed by atoms with Gasteiger partial charge in [0.1, 0.15) is 0 Å². The van der Waals surface area contributed by atoms with Crippen LogP contribution >= 0.6 is 11.3 Å². The molecule has 0 saturated carbocycles. The van der Waals surface area contributed by atoms with Crippen molar-refractivity contribution in [2.75, 3.05) is 19.8 Å². The van der Waals surface area contributed by atoms with Crippen LogP contribution in [0.5, 0.6) is 0 Å². The first-order valence-corrected chi connectivity index (χ1v) is 14.6. The number of sulfonamides is 1. The van der Waals surface area contributed by atoms with Gasteiger partial charge < -0.3 is 4.57 Å². The maximum absolute atomic E-state index is 12.8. The number of aromatic nitrogens is 1. The van der Waals surface area contributed by atoms with Crippen molar-refractivity contribution < 1.29 is 21.6 Å². The minimum absolute atomic E-state index is 0.0974. The Morgan fingerprint density at radius 1 is 1.12 bits per heavy atom. The molecular weight excluding hydrogens is 494 g/mol. The Labute approximate surface area is 203 Å². The lowest BCUT2D eigenvalue weighted by molar-refractivity contribution is 0.0997. The van der Waals surface area contributed by atoms with E-state index in [1.165, 1.54) is 47.8 Å². The van der Waals surface area contributed by atoms with Crippen LogP contribution in [0.15, 0.2) is 57.2 Å². The first-order valence-electron chi connectivity index (χ1n) is 10.4. The number of unbranched alkanes of at least 4 members (excludes halogenated alkanes) is 1. The molecule has 3 rings (SSSR count). The second kappa shape index (κ2) is 10.2. The SMILES string of the molecule is C#CCn1c(=NC(=O)c2ccc(S(=O)(=O)N(C)CCCC)cc2)sc2cc(S(C)(=O)=O)ccc21. The van der Waals surface area contributed by atoms with E-state index in [9.17, 15) is 21.6 Å². The number of nitrogens with zero attached hydrogens (tertiary/aromatic N) is 3. The summed E-state index contributed by atoms with van der Waals surface area (Å²) in [5.41, 5.74) is 0.884. The van der Waals surface area contributed by atoms with Crippen molar-refractivity contribution in [2.24, 2.45) is 4.99 Å². The van der Waals surface area contributed by atoms with E-state index in [1.54, 1.807) is 10.6 Å². The fraction of sp³-hybridized carbons (Fsp3) is 0.304. The van der Waals surface area contributed by atoms with Crippen molar-refractivity contribution in [2.45, 2.75) is 36.1 Å². The Bertz CT molecular complexity index is 1540. The molecule has 8 nitrogen and oxygen atoms in total. The number of amides is 1. The molecule has 0 saturated heterocycles. The van der Waals surface area contributed by atoms with Gasteiger partial charge in [0, 0.05) is 25.4 Å². The van der Waals surface area contributed by atoms with E-state index in [2.05, 4.69) is 10.9 Å².